The standard InChI is InChI=1S/C13H17NO2/c1-2-3-4-12(15)10-16-13-7-5-11(9-14)6-8-13/h5-8,12,15H,2-4,10H2,1H3/t12-/m1/s1. The molecule has 3 heteroatoms. The summed E-state index contributed by atoms with van der Waals surface area (Å²) in [6.45, 7) is 2.40. The maximum atomic E-state index is 9.57. The fourth-order valence-electron chi connectivity index (χ4n) is 1.34. The number of unbranched alkanes of at least 4 members (excludes halogenated alkanes) is 1. The van der Waals surface area contributed by atoms with E-state index in [4.69, 9.17) is 10.00 Å². The summed E-state index contributed by atoms with van der Waals surface area (Å²) in [6, 6.07) is 8.93. The van der Waals surface area contributed by atoms with Gasteiger partial charge in [-0.1, -0.05) is 19.8 Å². The molecule has 16 heavy (non-hydrogen) atoms. The van der Waals surface area contributed by atoms with E-state index in [0.717, 1.165) is 19.3 Å². The number of nitriles is 1. The van der Waals surface area contributed by atoms with Crippen LogP contribution in [0.3, 0.4) is 0 Å². The molecular formula is C13H17NO2. The molecular weight excluding hydrogens is 202 g/mol. The lowest BCUT2D eigenvalue weighted by Crippen LogP contribution is -2.17. The van der Waals surface area contributed by atoms with Gasteiger partial charge in [0.05, 0.1) is 17.7 Å². The van der Waals surface area contributed by atoms with Crippen molar-refractivity contribution in [3.05, 3.63) is 29.8 Å². The van der Waals surface area contributed by atoms with Crippen molar-refractivity contribution < 1.29 is 9.84 Å². The highest BCUT2D eigenvalue weighted by Crippen LogP contribution is 2.12. The molecule has 1 N–H and O–H groups in total. The second kappa shape index (κ2) is 6.86. The molecule has 0 bridgehead atoms. The number of ether oxygens (including phenoxy) is 1. The van der Waals surface area contributed by atoms with E-state index in [2.05, 4.69) is 6.92 Å². The topological polar surface area (TPSA) is 53.2 Å². The summed E-state index contributed by atoms with van der Waals surface area (Å²) in [5, 5.41) is 18.2. The fourth-order valence-corrected chi connectivity index (χ4v) is 1.34. The number of hydrogen-bond acceptors (Lipinski definition) is 3. The molecule has 0 heterocycles. The number of rotatable bonds is 6. The number of aliphatic hydroxyl groups is 1. The number of nitrogens with zero attached hydrogens (tertiary/aromatic N) is 1. The van der Waals surface area contributed by atoms with Gasteiger partial charge in [-0.15, -0.1) is 0 Å². The van der Waals surface area contributed by atoms with Gasteiger partial charge in [-0.3, -0.25) is 0 Å². The van der Waals surface area contributed by atoms with Gasteiger partial charge < -0.3 is 9.84 Å². The third-order valence-corrected chi connectivity index (χ3v) is 2.32. The molecule has 0 unspecified atom stereocenters. The Hall–Kier alpha value is -1.53. The zero-order chi connectivity index (χ0) is 11.8. The Labute approximate surface area is 96.3 Å². The second-order valence-electron chi connectivity index (χ2n) is 3.74. The van der Waals surface area contributed by atoms with Crippen LogP contribution in [0.4, 0.5) is 0 Å². The molecule has 0 spiro atoms. The molecule has 3 nitrogen and oxygen atoms in total. The largest absolute Gasteiger partial charge is 0.491 e. The minimum Gasteiger partial charge on any atom is -0.491 e. The molecule has 0 aromatic heterocycles. The van der Waals surface area contributed by atoms with Crippen LogP contribution >= 0.6 is 0 Å². The van der Waals surface area contributed by atoms with Crippen molar-refractivity contribution in [3.63, 3.8) is 0 Å². The van der Waals surface area contributed by atoms with Crippen LogP contribution in [0, 0.1) is 11.3 Å². The first kappa shape index (κ1) is 12.5. The Balaban J connectivity index is 2.34. The van der Waals surface area contributed by atoms with Crippen molar-refractivity contribution in [2.75, 3.05) is 6.61 Å². The molecule has 1 aromatic rings. The van der Waals surface area contributed by atoms with E-state index >= 15 is 0 Å². The molecule has 0 aliphatic rings. The first-order valence-electron chi connectivity index (χ1n) is 5.57. The lowest BCUT2D eigenvalue weighted by molar-refractivity contribution is 0.0980. The van der Waals surface area contributed by atoms with Gasteiger partial charge in [0, 0.05) is 0 Å². The van der Waals surface area contributed by atoms with Gasteiger partial charge in [-0.05, 0) is 30.7 Å². The van der Waals surface area contributed by atoms with Crippen LogP contribution in [0.15, 0.2) is 24.3 Å². The molecule has 0 fully saturated rings. The fraction of sp³-hybridized carbons (Fsp3) is 0.462. The summed E-state index contributed by atoms with van der Waals surface area (Å²) in [7, 11) is 0. The highest BCUT2D eigenvalue weighted by Gasteiger charge is 2.04. The average Bonchev–Trinajstić information content (AvgIpc) is 2.34. The molecule has 0 amide bonds. The van der Waals surface area contributed by atoms with Gasteiger partial charge in [0.2, 0.25) is 0 Å². The predicted molar refractivity (Wildman–Crippen MR) is 62.2 cm³/mol. The third kappa shape index (κ3) is 4.33. The minimum atomic E-state index is -0.407. The van der Waals surface area contributed by atoms with E-state index in [1.807, 2.05) is 6.07 Å². The van der Waals surface area contributed by atoms with Crippen LogP contribution in [0.1, 0.15) is 31.7 Å². The molecule has 0 aliphatic heterocycles. The Morgan fingerprint density at radius 1 is 1.38 bits per heavy atom. The molecule has 1 rings (SSSR count). The molecule has 0 radical (unpaired) electrons. The van der Waals surface area contributed by atoms with Gasteiger partial charge in [0.25, 0.3) is 0 Å². The van der Waals surface area contributed by atoms with Crippen molar-refractivity contribution >= 4 is 0 Å². The Morgan fingerprint density at radius 3 is 2.62 bits per heavy atom. The van der Waals surface area contributed by atoms with Gasteiger partial charge in [-0.25, -0.2) is 0 Å². The van der Waals surface area contributed by atoms with Gasteiger partial charge >= 0.3 is 0 Å². The van der Waals surface area contributed by atoms with Crippen molar-refractivity contribution in [2.24, 2.45) is 0 Å². The van der Waals surface area contributed by atoms with Crippen molar-refractivity contribution in [3.8, 4) is 11.8 Å². The van der Waals surface area contributed by atoms with E-state index < -0.39 is 6.10 Å². The normalized spacial score (nSPS) is 11.8. The Morgan fingerprint density at radius 2 is 2.06 bits per heavy atom. The van der Waals surface area contributed by atoms with E-state index in [9.17, 15) is 5.11 Å². The second-order valence-corrected chi connectivity index (χ2v) is 3.74. The van der Waals surface area contributed by atoms with Crippen LogP contribution in [-0.4, -0.2) is 17.8 Å². The first-order chi connectivity index (χ1) is 7.76. The summed E-state index contributed by atoms with van der Waals surface area (Å²) in [6.07, 6.45) is 2.45. The summed E-state index contributed by atoms with van der Waals surface area (Å²) in [5.74, 6) is 0.689. The zero-order valence-corrected chi connectivity index (χ0v) is 9.52. The molecule has 0 saturated heterocycles. The average molecular weight is 219 g/mol. The van der Waals surface area contributed by atoms with Crippen molar-refractivity contribution in [1.29, 1.82) is 5.26 Å². The van der Waals surface area contributed by atoms with E-state index in [0.29, 0.717) is 17.9 Å². The van der Waals surface area contributed by atoms with Gasteiger partial charge in [-0.2, -0.15) is 5.26 Å². The Bertz CT molecular complexity index is 340. The summed E-state index contributed by atoms with van der Waals surface area (Å²) in [5.41, 5.74) is 0.610. The summed E-state index contributed by atoms with van der Waals surface area (Å²) in [4.78, 5) is 0. The number of benzene rings is 1. The van der Waals surface area contributed by atoms with E-state index in [1.165, 1.54) is 0 Å². The van der Waals surface area contributed by atoms with Gasteiger partial charge in [0.1, 0.15) is 12.4 Å². The van der Waals surface area contributed by atoms with Crippen molar-refractivity contribution in [1.82, 2.24) is 0 Å². The van der Waals surface area contributed by atoms with Crippen LogP contribution in [-0.2, 0) is 0 Å². The smallest absolute Gasteiger partial charge is 0.119 e. The third-order valence-electron chi connectivity index (χ3n) is 2.32. The highest BCUT2D eigenvalue weighted by molar-refractivity contribution is 5.34. The SMILES string of the molecule is CCCC[C@@H](O)COc1ccc(C#N)cc1. The number of aliphatic hydroxyl groups excluding tert-OH is 1. The maximum Gasteiger partial charge on any atom is 0.119 e. The molecule has 86 valence electrons. The monoisotopic (exact) mass is 219 g/mol. The summed E-state index contributed by atoms with van der Waals surface area (Å²) < 4.78 is 5.40. The van der Waals surface area contributed by atoms with Crippen LogP contribution < -0.4 is 4.74 Å². The van der Waals surface area contributed by atoms with Crippen LogP contribution in [0.2, 0.25) is 0 Å². The van der Waals surface area contributed by atoms with Crippen molar-refractivity contribution in [2.45, 2.75) is 32.3 Å². The maximum absolute atomic E-state index is 9.57. The zero-order valence-electron chi connectivity index (χ0n) is 9.52. The van der Waals surface area contributed by atoms with E-state index in [1.54, 1.807) is 24.3 Å². The summed E-state index contributed by atoms with van der Waals surface area (Å²) >= 11 is 0. The lowest BCUT2D eigenvalue weighted by atomic mass is 10.2. The molecule has 1 aromatic carbocycles. The van der Waals surface area contributed by atoms with Crippen LogP contribution in [0.25, 0.3) is 0 Å². The number of hydrogen-bond donors (Lipinski definition) is 1. The lowest BCUT2D eigenvalue weighted by Gasteiger charge is -2.11. The predicted octanol–water partition coefficient (Wildman–Crippen LogP) is 2.49. The van der Waals surface area contributed by atoms with E-state index in [-0.39, 0.29) is 0 Å². The molecule has 0 saturated carbocycles. The first-order valence-corrected chi connectivity index (χ1v) is 5.57. The highest BCUT2D eigenvalue weighted by atomic mass is 16.5. The minimum absolute atomic E-state index is 0.311. The quantitative estimate of drug-likeness (QED) is 0.799. The van der Waals surface area contributed by atoms with Crippen LogP contribution in [0.5, 0.6) is 5.75 Å². The molecule has 0 aliphatic carbocycles. The Kier molecular flexibility index (Phi) is 5.38. The molecule has 1 atom stereocenters. The van der Waals surface area contributed by atoms with Gasteiger partial charge in [0.15, 0.2) is 0 Å².